The summed E-state index contributed by atoms with van der Waals surface area (Å²) in [6, 6.07) is 5.09. The first kappa shape index (κ1) is 8.81. The van der Waals surface area contributed by atoms with E-state index in [2.05, 4.69) is 6.58 Å². The minimum absolute atomic E-state index is 0.121. The summed E-state index contributed by atoms with van der Waals surface area (Å²) < 4.78 is 0. The highest BCUT2D eigenvalue weighted by atomic mass is 16.3. The predicted octanol–water partition coefficient (Wildman–Crippen LogP) is 1.77. The minimum Gasteiger partial charge on any atom is -0.506 e. The van der Waals surface area contributed by atoms with Crippen molar-refractivity contribution in [3.8, 4) is 5.75 Å². The molecule has 14 heavy (non-hydrogen) atoms. The van der Waals surface area contributed by atoms with E-state index in [1.165, 1.54) is 4.90 Å². The van der Waals surface area contributed by atoms with E-state index in [0.29, 0.717) is 17.8 Å². The van der Waals surface area contributed by atoms with Gasteiger partial charge in [-0.2, -0.15) is 0 Å². The summed E-state index contributed by atoms with van der Waals surface area (Å²) in [6.45, 7) is 6.13. The van der Waals surface area contributed by atoms with Crippen molar-refractivity contribution in [3.63, 3.8) is 0 Å². The van der Waals surface area contributed by atoms with E-state index in [1.807, 2.05) is 6.92 Å². The Bertz CT molecular complexity index is 423. The van der Waals surface area contributed by atoms with Crippen LogP contribution in [0.25, 0.3) is 5.57 Å². The largest absolute Gasteiger partial charge is 0.506 e. The van der Waals surface area contributed by atoms with Gasteiger partial charge in [0.15, 0.2) is 0 Å². The molecule has 0 spiro atoms. The monoisotopic (exact) mass is 189 g/mol. The summed E-state index contributed by atoms with van der Waals surface area (Å²) in [5.41, 5.74) is 1.78. The van der Waals surface area contributed by atoms with Crippen LogP contribution in [0.5, 0.6) is 5.75 Å². The van der Waals surface area contributed by atoms with E-state index in [4.69, 9.17) is 0 Å². The highest BCUT2D eigenvalue weighted by Gasteiger charge is 2.31. The molecule has 3 nitrogen and oxygen atoms in total. The number of benzene rings is 1. The normalized spacial score (nSPS) is 14.8. The first-order valence-corrected chi connectivity index (χ1v) is 4.50. The number of hydrogen-bond donors (Lipinski definition) is 1. The number of phenolic OH excluding ortho intramolecular Hbond substituents is 1. The number of anilines is 1. The molecular weight excluding hydrogens is 178 g/mol. The number of fused-ring (bicyclic) bond motifs is 1. The Hall–Kier alpha value is -1.77. The van der Waals surface area contributed by atoms with Crippen LogP contribution in [-0.2, 0) is 4.79 Å². The first-order valence-electron chi connectivity index (χ1n) is 4.50. The lowest BCUT2D eigenvalue weighted by Gasteiger charge is -2.14. The Morgan fingerprint density at radius 1 is 1.50 bits per heavy atom. The van der Waals surface area contributed by atoms with E-state index in [0.717, 1.165) is 5.56 Å². The lowest BCUT2D eigenvalue weighted by molar-refractivity contribution is -0.112. The fraction of sp³-hybridized carbons (Fsp3) is 0.182. The Morgan fingerprint density at radius 3 is 2.86 bits per heavy atom. The highest BCUT2D eigenvalue weighted by molar-refractivity contribution is 6.32. The van der Waals surface area contributed by atoms with Gasteiger partial charge in [0, 0.05) is 17.7 Å². The van der Waals surface area contributed by atoms with Crippen molar-refractivity contribution in [2.45, 2.75) is 6.92 Å². The smallest absolute Gasteiger partial charge is 0.258 e. The Balaban J connectivity index is 2.68. The molecule has 0 atom stereocenters. The Morgan fingerprint density at radius 2 is 2.21 bits per heavy atom. The van der Waals surface area contributed by atoms with Crippen molar-refractivity contribution in [2.75, 3.05) is 11.4 Å². The van der Waals surface area contributed by atoms with Gasteiger partial charge in [-0.15, -0.1) is 0 Å². The van der Waals surface area contributed by atoms with Gasteiger partial charge in [-0.25, -0.2) is 0 Å². The lowest BCUT2D eigenvalue weighted by atomic mass is 10.1. The average Bonchev–Trinajstić information content (AvgIpc) is 2.43. The van der Waals surface area contributed by atoms with Gasteiger partial charge in [0.05, 0.1) is 5.69 Å². The summed E-state index contributed by atoms with van der Waals surface area (Å²) in [7, 11) is 0. The third-order valence-electron chi connectivity index (χ3n) is 2.43. The van der Waals surface area contributed by atoms with Crippen LogP contribution < -0.4 is 4.90 Å². The third kappa shape index (κ3) is 0.954. The van der Waals surface area contributed by atoms with Crippen LogP contribution in [0.15, 0.2) is 24.8 Å². The average molecular weight is 189 g/mol. The summed E-state index contributed by atoms with van der Waals surface area (Å²) in [5, 5.41) is 9.63. The van der Waals surface area contributed by atoms with E-state index in [9.17, 15) is 9.90 Å². The van der Waals surface area contributed by atoms with Gasteiger partial charge in [0.25, 0.3) is 5.91 Å². The molecule has 1 aliphatic heterocycles. The second-order valence-corrected chi connectivity index (χ2v) is 3.20. The molecule has 0 unspecified atom stereocenters. The van der Waals surface area contributed by atoms with Gasteiger partial charge in [0.2, 0.25) is 0 Å². The Labute approximate surface area is 82.3 Å². The molecule has 1 amide bonds. The van der Waals surface area contributed by atoms with E-state index < -0.39 is 0 Å². The maximum Gasteiger partial charge on any atom is 0.258 e. The Kier molecular flexibility index (Phi) is 1.81. The molecule has 1 heterocycles. The number of aromatic hydroxyl groups is 1. The molecule has 1 aliphatic rings. The number of phenols is 1. The van der Waals surface area contributed by atoms with Crippen LogP contribution >= 0.6 is 0 Å². The quantitative estimate of drug-likeness (QED) is 0.684. The van der Waals surface area contributed by atoms with Crippen LogP contribution in [0.1, 0.15) is 12.5 Å². The summed E-state index contributed by atoms with van der Waals surface area (Å²) in [6.07, 6.45) is 0. The van der Waals surface area contributed by atoms with Gasteiger partial charge >= 0.3 is 0 Å². The van der Waals surface area contributed by atoms with Crippen molar-refractivity contribution in [3.05, 3.63) is 30.3 Å². The lowest BCUT2D eigenvalue weighted by Crippen LogP contribution is -2.25. The minimum atomic E-state index is -0.121. The van der Waals surface area contributed by atoms with Crippen LogP contribution in [0.2, 0.25) is 0 Å². The van der Waals surface area contributed by atoms with Crippen molar-refractivity contribution in [1.82, 2.24) is 0 Å². The fourth-order valence-corrected chi connectivity index (χ4v) is 1.74. The predicted molar refractivity (Wildman–Crippen MR) is 55.2 cm³/mol. The number of carbonyl (C=O) groups excluding carboxylic acids is 1. The molecule has 72 valence electrons. The van der Waals surface area contributed by atoms with Crippen LogP contribution in [-0.4, -0.2) is 17.6 Å². The van der Waals surface area contributed by atoms with Gasteiger partial charge in [0.1, 0.15) is 5.75 Å². The first-order chi connectivity index (χ1) is 6.66. The molecule has 0 radical (unpaired) electrons. The number of carbonyl (C=O) groups is 1. The molecule has 0 saturated carbocycles. The molecule has 2 rings (SSSR count). The summed E-state index contributed by atoms with van der Waals surface area (Å²) in [5.74, 6) is 0.0142. The maximum absolute atomic E-state index is 11.7. The molecule has 0 saturated heterocycles. The summed E-state index contributed by atoms with van der Waals surface area (Å²) in [4.78, 5) is 13.2. The van der Waals surface area contributed by atoms with Crippen LogP contribution in [0, 0.1) is 0 Å². The zero-order valence-electron chi connectivity index (χ0n) is 7.95. The van der Waals surface area contributed by atoms with Crippen molar-refractivity contribution < 1.29 is 9.90 Å². The number of likely N-dealkylation sites (N-methyl/N-ethyl adjacent to an activating group) is 1. The zero-order chi connectivity index (χ0) is 10.3. The molecule has 1 aromatic rings. The fourth-order valence-electron chi connectivity index (χ4n) is 1.74. The highest BCUT2D eigenvalue weighted by Crippen LogP contribution is 2.41. The second-order valence-electron chi connectivity index (χ2n) is 3.20. The van der Waals surface area contributed by atoms with Gasteiger partial charge < -0.3 is 10.0 Å². The van der Waals surface area contributed by atoms with Gasteiger partial charge in [-0.05, 0) is 13.0 Å². The number of rotatable bonds is 1. The SMILES string of the molecule is C=C1C(=O)N(CC)c2c(O)cccc21. The molecule has 1 N–H and O–H groups in total. The number of nitrogens with zero attached hydrogens (tertiary/aromatic N) is 1. The molecule has 0 fully saturated rings. The zero-order valence-corrected chi connectivity index (χ0v) is 7.95. The van der Waals surface area contributed by atoms with Crippen molar-refractivity contribution in [1.29, 1.82) is 0 Å². The molecule has 0 aromatic heterocycles. The van der Waals surface area contributed by atoms with E-state index >= 15 is 0 Å². The number of amides is 1. The van der Waals surface area contributed by atoms with Crippen molar-refractivity contribution in [2.24, 2.45) is 0 Å². The maximum atomic E-state index is 11.7. The van der Waals surface area contributed by atoms with E-state index in [1.54, 1.807) is 18.2 Å². The van der Waals surface area contributed by atoms with Crippen LogP contribution in [0.3, 0.4) is 0 Å². The second kappa shape index (κ2) is 2.87. The number of hydrogen-bond acceptors (Lipinski definition) is 2. The standard InChI is InChI=1S/C11H11NO2/c1-3-12-10-8(7(2)11(12)14)5-4-6-9(10)13/h4-6,13H,2-3H2,1H3. The van der Waals surface area contributed by atoms with Crippen molar-refractivity contribution >= 4 is 17.2 Å². The van der Waals surface area contributed by atoms with Gasteiger partial charge in [-0.3, -0.25) is 4.79 Å². The molecular formula is C11H11NO2. The van der Waals surface area contributed by atoms with Gasteiger partial charge in [-0.1, -0.05) is 18.7 Å². The molecule has 0 bridgehead atoms. The topological polar surface area (TPSA) is 40.5 Å². The van der Waals surface area contributed by atoms with E-state index in [-0.39, 0.29) is 11.7 Å². The molecule has 0 aliphatic carbocycles. The molecule has 3 heteroatoms. The van der Waals surface area contributed by atoms with Crippen LogP contribution in [0.4, 0.5) is 5.69 Å². The number of para-hydroxylation sites is 1. The molecule has 1 aromatic carbocycles. The summed E-state index contributed by atoms with van der Waals surface area (Å²) >= 11 is 0. The third-order valence-corrected chi connectivity index (χ3v) is 2.43.